The monoisotopic (exact) mass is 324 g/mol. The zero-order valence-electron chi connectivity index (χ0n) is 11.7. The molecule has 0 unspecified atom stereocenters. The number of thiophene rings is 1. The molecule has 0 bridgehead atoms. The summed E-state index contributed by atoms with van der Waals surface area (Å²) < 4.78 is 0.962. The van der Waals surface area contributed by atoms with E-state index in [2.05, 4.69) is 0 Å². The van der Waals surface area contributed by atoms with Crippen molar-refractivity contribution in [2.75, 3.05) is 18.8 Å². The third kappa shape index (κ3) is 2.73. The molecule has 1 aromatic heterocycles. The van der Waals surface area contributed by atoms with E-state index < -0.39 is 5.60 Å². The van der Waals surface area contributed by atoms with Crippen LogP contribution < -0.4 is 5.73 Å². The Morgan fingerprint density at radius 1 is 1.43 bits per heavy atom. The summed E-state index contributed by atoms with van der Waals surface area (Å²) in [7, 11) is 0. The molecule has 0 aliphatic carbocycles. The zero-order valence-corrected chi connectivity index (χ0v) is 13.3. The van der Waals surface area contributed by atoms with Crippen molar-refractivity contribution < 1.29 is 9.90 Å². The van der Waals surface area contributed by atoms with Crippen molar-refractivity contribution in [3.63, 3.8) is 0 Å². The van der Waals surface area contributed by atoms with E-state index in [9.17, 15) is 9.90 Å². The first-order valence-electron chi connectivity index (χ1n) is 6.86. The van der Waals surface area contributed by atoms with Crippen LogP contribution in [0.5, 0.6) is 0 Å². The average molecular weight is 325 g/mol. The van der Waals surface area contributed by atoms with Crippen LogP contribution in [0.4, 0.5) is 5.69 Å². The Morgan fingerprint density at radius 2 is 2.10 bits per heavy atom. The highest BCUT2D eigenvalue weighted by Gasteiger charge is 2.31. The van der Waals surface area contributed by atoms with Gasteiger partial charge in [-0.25, -0.2) is 0 Å². The SMILES string of the molecule is CC1(O)CCN(C(=O)c2sc3ccc(Cl)cc3c2N)CC1. The van der Waals surface area contributed by atoms with Gasteiger partial charge in [0.25, 0.3) is 5.91 Å². The van der Waals surface area contributed by atoms with E-state index in [1.807, 2.05) is 13.0 Å². The van der Waals surface area contributed by atoms with E-state index in [4.69, 9.17) is 17.3 Å². The standard InChI is InChI=1S/C15H17ClN2O2S/c1-15(20)4-6-18(7-5-15)14(19)13-12(17)10-8-9(16)2-3-11(10)21-13/h2-3,8,20H,4-7,17H2,1H3. The molecule has 0 radical (unpaired) electrons. The van der Waals surface area contributed by atoms with Crippen molar-refractivity contribution in [1.82, 2.24) is 4.90 Å². The largest absolute Gasteiger partial charge is 0.397 e. The molecule has 112 valence electrons. The summed E-state index contributed by atoms with van der Waals surface area (Å²) in [5.74, 6) is -0.0553. The van der Waals surface area contributed by atoms with Gasteiger partial charge in [-0.3, -0.25) is 4.79 Å². The second-order valence-corrected chi connectivity index (χ2v) is 7.26. The summed E-state index contributed by atoms with van der Waals surface area (Å²) in [5, 5.41) is 11.4. The van der Waals surface area contributed by atoms with Crippen LogP contribution in [0.2, 0.25) is 5.02 Å². The lowest BCUT2D eigenvalue weighted by Crippen LogP contribution is -2.45. The Morgan fingerprint density at radius 3 is 2.76 bits per heavy atom. The molecule has 1 aliphatic heterocycles. The van der Waals surface area contributed by atoms with E-state index in [0.717, 1.165) is 10.1 Å². The number of likely N-dealkylation sites (tertiary alicyclic amines) is 1. The Kier molecular flexibility index (Phi) is 3.59. The molecule has 2 aromatic rings. The van der Waals surface area contributed by atoms with Gasteiger partial charge < -0.3 is 15.7 Å². The maximum Gasteiger partial charge on any atom is 0.266 e. The van der Waals surface area contributed by atoms with E-state index in [0.29, 0.717) is 41.5 Å². The molecule has 0 spiro atoms. The lowest BCUT2D eigenvalue weighted by Gasteiger charge is -2.35. The fourth-order valence-electron chi connectivity index (χ4n) is 2.58. The minimum Gasteiger partial charge on any atom is -0.397 e. The van der Waals surface area contributed by atoms with Crippen LogP contribution in [0.1, 0.15) is 29.4 Å². The minimum atomic E-state index is -0.671. The third-order valence-electron chi connectivity index (χ3n) is 4.01. The van der Waals surface area contributed by atoms with Crippen molar-refractivity contribution in [2.45, 2.75) is 25.4 Å². The van der Waals surface area contributed by atoms with Crippen LogP contribution in [0.3, 0.4) is 0 Å². The van der Waals surface area contributed by atoms with Crippen LogP contribution in [0, 0.1) is 0 Å². The molecule has 3 rings (SSSR count). The van der Waals surface area contributed by atoms with Gasteiger partial charge in [0.15, 0.2) is 0 Å². The number of hydrogen-bond acceptors (Lipinski definition) is 4. The van der Waals surface area contributed by atoms with Gasteiger partial charge in [0.05, 0.1) is 11.3 Å². The normalized spacial score (nSPS) is 18.1. The number of aliphatic hydroxyl groups is 1. The Hall–Kier alpha value is -1.30. The van der Waals surface area contributed by atoms with Crippen molar-refractivity contribution >= 4 is 44.6 Å². The van der Waals surface area contributed by atoms with Crippen molar-refractivity contribution in [1.29, 1.82) is 0 Å². The Labute approximate surface area is 132 Å². The number of nitrogen functional groups attached to an aromatic ring is 1. The number of hydrogen-bond donors (Lipinski definition) is 2. The highest BCUT2D eigenvalue weighted by Crippen LogP contribution is 2.36. The first kappa shape index (κ1) is 14.6. The first-order chi connectivity index (χ1) is 9.87. The molecule has 0 saturated carbocycles. The minimum absolute atomic E-state index is 0.0553. The molecule has 6 heteroatoms. The number of benzene rings is 1. The number of nitrogens with two attached hydrogens (primary N) is 1. The highest BCUT2D eigenvalue weighted by atomic mass is 35.5. The molecule has 3 N–H and O–H groups in total. The molecule has 0 atom stereocenters. The number of halogens is 1. The number of amides is 1. The summed E-state index contributed by atoms with van der Waals surface area (Å²) in [4.78, 5) is 15.0. The van der Waals surface area contributed by atoms with Gasteiger partial charge in [-0.2, -0.15) is 0 Å². The van der Waals surface area contributed by atoms with Gasteiger partial charge in [-0.15, -0.1) is 11.3 Å². The number of fused-ring (bicyclic) bond motifs is 1. The summed E-state index contributed by atoms with van der Waals surface area (Å²) in [5.41, 5.74) is 5.95. The molecule has 1 fully saturated rings. The number of carbonyl (C=O) groups excluding carboxylic acids is 1. The fourth-order valence-corrected chi connectivity index (χ4v) is 3.83. The van der Waals surface area contributed by atoms with Crippen LogP contribution in [-0.4, -0.2) is 34.6 Å². The Balaban J connectivity index is 1.90. The molecular formula is C15H17ClN2O2S. The lowest BCUT2D eigenvalue weighted by atomic mass is 9.94. The number of carbonyl (C=O) groups is 1. The van der Waals surface area contributed by atoms with Crippen LogP contribution in [-0.2, 0) is 0 Å². The van der Waals surface area contributed by atoms with Gasteiger partial charge >= 0.3 is 0 Å². The molecule has 1 aliphatic rings. The number of rotatable bonds is 1. The maximum absolute atomic E-state index is 12.6. The fraction of sp³-hybridized carbons (Fsp3) is 0.400. The predicted octanol–water partition coefficient (Wildman–Crippen LogP) is 3.12. The van der Waals surface area contributed by atoms with Crippen LogP contribution in [0.15, 0.2) is 18.2 Å². The van der Waals surface area contributed by atoms with Crippen molar-refractivity contribution in [2.24, 2.45) is 0 Å². The van der Waals surface area contributed by atoms with Gasteiger partial charge in [-0.1, -0.05) is 11.6 Å². The summed E-state index contributed by atoms with van der Waals surface area (Å²) in [6.45, 7) is 2.92. The van der Waals surface area contributed by atoms with Gasteiger partial charge in [0.1, 0.15) is 4.88 Å². The van der Waals surface area contributed by atoms with E-state index in [1.54, 1.807) is 17.0 Å². The quantitative estimate of drug-likeness (QED) is 0.847. The second kappa shape index (κ2) is 5.16. The predicted molar refractivity (Wildman–Crippen MR) is 87.0 cm³/mol. The maximum atomic E-state index is 12.6. The summed E-state index contributed by atoms with van der Waals surface area (Å²) >= 11 is 7.38. The molecule has 1 aromatic carbocycles. The summed E-state index contributed by atoms with van der Waals surface area (Å²) in [6, 6.07) is 5.48. The van der Waals surface area contributed by atoms with Gasteiger partial charge in [0.2, 0.25) is 0 Å². The summed E-state index contributed by atoms with van der Waals surface area (Å²) in [6.07, 6.45) is 1.19. The second-order valence-electron chi connectivity index (χ2n) is 5.77. The van der Waals surface area contributed by atoms with Gasteiger partial charge in [-0.05, 0) is 38.0 Å². The number of anilines is 1. The topological polar surface area (TPSA) is 66.6 Å². The smallest absolute Gasteiger partial charge is 0.266 e. The third-order valence-corrected chi connectivity index (χ3v) is 5.42. The Bertz CT molecular complexity index is 701. The molecule has 21 heavy (non-hydrogen) atoms. The molecule has 1 amide bonds. The lowest BCUT2D eigenvalue weighted by molar-refractivity contribution is -0.00184. The van der Waals surface area contributed by atoms with Gasteiger partial charge in [0, 0.05) is 28.2 Å². The van der Waals surface area contributed by atoms with Crippen LogP contribution in [0.25, 0.3) is 10.1 Å². The van der Waals surface area contributed by atoms with Crippen molar-refractivity contribution in [3.05, 3.63) is 28.1 Å². The first-order valence-corrected chi connectivity index (χ1v) is 8.06. The zero-order chi connectivity index (χ0) is 15.2. The van der Waals surface area contributed by atoms with E-state index >= 15 is 0 Å². The molecular weight excluding hydrogens is 308 g/mol. The number of piperidine rings is 1. The molecule has 4 nitrogen and oxygen atoms in total. The average Bonchev–Trinajstić information content (AvgIpc) is 2.75. The highest BCUT2D eigenvalue weighted by molar-refractivity contribution is 7.21. The van der Waals surface area contributed by atoms with Crippen LogP contribution >= 0.6 is 22.9 Å². The molecule has 1 saturated heterocycles. The van der Waals surface area contributed by atoms with Crippen molar-refractivity contribution in [3.8, 4) is 0 Å². The van der Waals surface area contributed by atoms with E-state index in [1.165, 1.54) is 11.3 Å². The number of nitrogens with zero attached hydrogens (tertiary/aromatic N) is 1. The van der Waals surface area contributed by atoms with E-state index in [-0.39, 0.29) is 5.91 Å². The molecule has 2 heterocycles.